The zero-order valence-corrected chi connectivity index (χ0v) is 28.2. The van der Waals surface area contributed by atoms with E-state index < -0.39 is 0 Å². The summed E-state index contributed by atoms with van der Waals surface area (Å²) in [5, 5.41) is 47.5. The van der Waals surface area contributed by atoms with E-state index >= 15 is 0 Å². The molecule has 0 aromatic heterocycles. The second kappa shape index (κ2) is 18.8. The quantitative estimate of drug-likeness (QED) is 0.316. The van der Waals surface area contributed by atoms with Crippen molar-refractivity contribution in [3.63, 3.8) is 0 Å². The van der Waals surface area contributed by atoms with Crippen molar-refractivity contribution in [1.29, 1.82) is 0 Å². The number of aliphatic hydroxyl groups excluding tert-OH is 3. The van der Waals surface area contributed by atoms with Crippen LogP contribution in [-0.4, -0.2) is 59.7 Å². The Bertz CT molecular complexity index is 846. The van der Waals surface area contributed by atoms with E-state index in [9.17, 15) is 10.2 Å². The molecule has 0 aliphatic heterocycles. The molecule has 0 amide bonds. The SMILES string of the molecule is CC(C)(C)CC(C)(C)c1ccc([O-])cc1.CC(C)(C)CC(C)(C)c1ccc([O-])cc1.OCCN(CCO)CCO.[Ni+2]. The van der Waals surface area contributed by atoms with E-state index in [1.165, 1.54) is 11.1 Å². The smallest absolute Gasteiger partial charge is 0.872 e. The van der Waals surface area contributed by atoms with E-state index in [-0.39, 0.29) is 58.6 Å². The number of hydrogen-bond acceptors (Lipinski definition) is 6. The second-order valence-electron chi connectivity index (χ2n) is 14.3. The molecule has 2 aromatic carbocycles. The predicted molar refractivity (Wildman–Crippen MR) is 164 cm³/mol. The van der Waals surface area contributed by atoms with Gasteiger partial charge in [-0.2, -0.15) is 0 Å². The van der Waals surface area contributed by atoms with E-state index in [2.05, 4.69) is 69.2 Å². The topological polar surface area (TPSA) is 110 Å². The number of aliphatic hydroxyl groups is 3. The summed E-state index contributed by atoms with van der Waals surface area (Å²) in [5.74, 6) is 0.176. The molecule has 0 unspecified atom stereocenters. The molecule has 0 aliphatic carbocycles. The first-order chi connectivity index (χ1) is 18.3. The van der Waals surface area contributed by atoms with Gasteiger partial charge >= 0.3 is 16.5 Å². The zero-order chi connectivity index (χ0) is 31.2. The first-order valence-electron chi connectivity index (χ1n) is 14.4. The van der Waals surface area contributed by atoms with Crippen molar-refractivity contribution in [3.8, 4) is 11.5 Å². The summed E-state index contributed by atoms with van der Waals surface area (Å²) in [6.45, 7) is 24.2. The van der Waals surface area contributed by atoms with Crippen molar-refractivity contribution in [2.75, 3.05) is 39.5 Å². The third kappa shape index (κ3) is 19.2. The maximum atomic E-state index is 11.0. The second-order valence-corrected chi connectivity index (χ2v) is 14.3. The number of rotatable bonds is 10. The minimum absolute atomic E-state index is 0. The van der Waals surface area contributed by atoms with Crippen LogP contribution in [0.3, 0.4) is 0 Å². The normalized spacial score (nSPS) is 12.0. The Morgan fingerprint density at radius 3 is 0.951 bits per heavy atom. The molecule has 0 radical (unpaired) electrons. The van der Waals surface area contributed by atoms with Gasteiger partial charge in [0.25, 0.3) is 0 Å². The summed E-state index contributed by atoms with van der Waals surface area (Å²) in [5.41, 5.74) is 3.37. The van der Waals surface area contributed by atoms with E-state index in [1.54, 1.807) is 29.2 Å². The summed E-state index contributed by atoms with van der Waals surface area (Å²) >= 11 is 0. The van der Waals surface area contributed by atoms with Crippen LogP contribution in [0.15, 0.2) is 48.5 Å². The van der Waals surface area contributed by atoms with Crippen molar-refractivity contribution in [1.82, 2.24) is 4.90 Å². The van der Waals surface area contributed by atoms with Crippen molar-refractivity contribution in [2.24, 2.45) is 10.8 Å². The van der Waals surface area contributed by atoms with Gasteiger partial charge in [0, 0.05) is 19.6 Å². The largest absolute Gasteiger partial charge is 2.00 e. The fraction of sp³-hybridized carbons (Fsp3) is 0.647. The third-order valence-corrected chi connectivity index (χ3v) is 6.46. The van der Waals surface area contributed by atoms with E-state index in [0.717, 1.165) is 12.8 Å². The van der Waals surface area contributed by atoms with Crippen molar-refractivity contribution >= 4 is 0 Å². The van der Waals surface area contributed by atoms with Crippen LogP contribution in [0.2, 0.25) is 0 Å². The molecule has 41 heavy (non-hydrogen) atoms. The standard InChI is InChI=1S/2C14H22O.C6H15NO3.Ni/c2*1-13(2,3)10-14(4,5)11-6-8-12(15)9-7-11;8-4-1-7(2-5-9)3-6-10;/h2*6-9,15H,10H2,1-5H3;8-10H,1-6H2;/q;;;+2/p-2. The summed E-state index contributed by atoms with van der Waals surface area (Å²) < 4.78 is 0. The van der Waals surface area contributed by atoms with Gasteiger partial charge in [-0.05, 0) is 45.6 Å². The molecule has 0 aliphatic rings. The van der Waals surface area contributed by atoms with Crippen LogP contribution in [0.4, 0.5) is 0 Å². The van der Waals surface area contributed by atoms with Crippen LogP contribution in [0.5, 0.6) is 11.5 Å². The minimum Gasteiger partial charge on any atom is -0.872 e. The van der Waals surface area contributed by atoms with Crippen molar-refractivity contribution in [2.45, 2.75) is 92.9 Å². The summed E-state index contributed by atoms with van der Waals surface area (Å²) in [7, 11) is 0. The minimum atomic E-state index is 0. The van der Waals surface area contributed by atoms with E-state index in [1.807, 2.05) is 24.3 Å². The maximum Gasteiger partial charge on any atom is 2.00 e. The molecule has 238 valence electrons. The molecular formula is C34H57NNiO5. The molecule has 2 rings (SSSR count). The Balaban J connectivity index is 0. The Kier molecular flexibility index (Phi) is 19.0. The van der Waals surface area contributed by atoms with Gasteiger partial charge in [0.15, 0.2) is 0 Å². The molecule has 3 N–H and O–H groups in total. The van der Waals surface area contributed by atoms with Crippen molar-refractivity contribution in [3.05, 3.63) is 59.7 Å². The van der Waals surface area contributed by atoms with Gasteiger partial charge in [-0.3, -0.25) is 4.90 Å². The van der Waals surface area contributed by atoms with Crippen LogP contribution < -0.4 is 10.2 Å². The van der Waals surface area contributed by atoms with Gasteiger partial charge in [0.1, 0.15) is 0 Å². The molecule has 0 bridgehead atoms. The number of hydrogen-bond donors (Lipinski definition) is 3. The van der Waals surface area contributed by atoms with Crippen LogP contribution in [0.25, 0.3) is 0 Å². The van der Waals surface area contributed by atoms with E-state index in [4.69, 9.17) is 15.3 Å². The molecule has 6 nitrogen and oxygen atoms in total. The number of nitrogens with zero attached hydrogens (tertiary/aromatic N) is 1. The van der Waals surface area contributed by atoms with Crippen LogP contribution in [0.1, 0.15) is 93.2 Å². The molecular weight excluding hydrogens is 561 g/mol. The molecule has 0 spiro atoms. The Morgan fingerprint density at radius 1 is 0.512 bits per heavy atom. The van der Waals surface area contributed by atoms with Gasteiger partial charge in [0.05, 0.1) is 19.8 Å². The van der Waals surface area contributed by atoms with Crippen LogP contribution in [-0.2, 0) is 27.3 Å². The fourth-order valence-electron chi connectivity index (χ4n) is 5.43. The van der Waals surface area contributed by atoms with Gasteiger partial charge < -0.3 is 25.5 Å². The van der Waals surface area contributed by atoms with Crippen LogP contribution >= 0.6 is 0 Å². The Hall–Kier alpha value is -1.63. The summed E-state index contributed by atoms with van der Waals surface area (Å²) in [4.78, 5) is 1.79. The number of benzene rings is 2. The molecule has 0 fully saturated rings. The first-order valence-corrected chi connectivity index (χ1v) is 14.4. The molecule has 0 saturated carbocycles. The predicted octanol–water partition coefficient (Wildman–Crippen LogP) is 5.21. The monoisotopic (exact) mass is 617 g/mol. The molecule has 0 saturated heterocycles. The van der Waals surface area contributed by atoms with Gasteiger partial charge in [-0.25, -0.2) is 0 Å². The molecule has 7 heteroatoms. The van der Waals surface area contributed by atoms with Gasteiger partial charge in [-0.1, -0.05) is 118 Å². The summed E-state index contributed by atoms with van der Waals surface area (Å²) in [6, 6.07) is 14.4. The van der Waals surface area contributed by atoms with Crippen LogP contribution in [0, 0.1) is 10.8 Å². The zero-order valence-electron chi connectivity index (χ0n) is 27.2. The summed E-state index contributed by atoms with van der Waals surface area (Å²) in [6.07, 6.45) is 2.22. The Morgan fingerprint density at radius 2 is 0.756 bits per heavy atom. The fourth-order valence-corrected chi connectivity index (χ4v) is 5.43. The molecule has 0 heterocycles. The average Bonchev–Trinajstić information content (AvgIpc) is 2.78. The van der Waals surface area contributed by atoms with E-state index in [0.29, 0.717) is 30.5 Å². The maximum absolute atomic E-state index is 11.0. The van der Waals surface area contributed by atoms with Crippen molar-refractivity contribution < 1.29 is 42.0 Å². The molecule has 2 aromatic rings. The third-order valence-electron chi connectivity index (χ3n) is 6.46. The van der Waals surface area contributed by atoms with Gasteiger partial charge in [0.2, 0.25) is 0 Å². The average molecular weight is 619 g/mol. The first kappa shape index (κ1) is 41.5. The molecule has 0 atom stereocenters. The Labute approximate surface area is 260 Å². The van der Waals surface area contributed by atoms with Gasteiger partial charge in [-0.15, -0.1) is 11.5 Å².